The first-order chi connectivity index (χ1) is 8.06. The van der Waals surface area contributed by atoms with E-state index in [1.54, 1.807) is 36.4 Å². The zero-order valence-electron chi connectivity index (χ0n) is 8.58. The van der Waals surface area contributed by atoms with E-state index in [1.807, 2.05) is 0 Å². The Labute approximate surface area is 117 Å². The molecule has 0 spiro atoms. The summed E-state index contributed by atoms with van der Waals surface area (Å²) < 4.78 is 6.36. The normalized spacial score (nSPS) is 10.3. The van der Waals surface area contributed by atoms with E-state index in [9.17, 15) is 0 Å². The SMILES string of the molecule is Nc1ccc(Oc2c(Cl)cc(Cl)cc2Br)cc1. The monoisotopic (exact) mass is 331 g/mol. The quantitative estimate of drug-likeness (QED) is 0.773. The van der Waals surface area contributed by atoms with Gasteiger partial charge in [0, 0.05) is 10.7 Å². The summed E-state index contributed by atoms with van der Waals surface area (Å²) in [5.41, 5.74) is 6.27. The van der Waals surface area contributed by atoms with E-state index >= 15 is 0 Å². The zero-order chi connectivity index (χ0) is 12.4. The second kappa shape index (κ2) is 5.17. The highest BCUT2D eigenvalue weighted by atomic mass is 79.9. The fourth-order valence-electron chi connectivity index (χ4n) is 1.28. The van der Waals surface area contributed by atoms with Crippen molar-refractivity contribution in [2.75, 3.05) is 5.73 Å². The standard InChI is InChI=1S/C12H8BrCl2NO/c13-10-5-7(14)6-11(15)12(10)17-9-3-1-8(16)2-4-9/h1-6H,16H2. The second-order valence-corrected chi connectivity index (χ2v) is 5.07. The molecular formula is C12H8BrCl2NO. The highest BCUT2D eigenvalue weighted by molar-refractivity contribution is 9.10. The lowest BCUT2D eigenvalue weighted by Crippen LogP contribution is -1.88. The molecule has 0 heterocycles. The van der Waals surface area contributed by atoms with Crippen molar-refractivity contribution in [1.29, 1.82) is 0 Å². The Morgan fingerprint density at radius 1 is 1.06 bits per heavy atom. The summed E-state index contributed by atoms with van der Waals surface area (Å²) >= 11 is 15.3. The van der Waals surface area contributed by atoms with Crippen molar-refractivity contribution in [3.8, 4) is 11.5 Å². The minimum absolute atomic E-state index is 0.446. The number of nitrogens with two attached hydrogens (primary N) is 1. The molecule has 0 aromatic heterocycles. The Kier molecular flexibility index (Phi) is 3.82. The van der Waals surface area contributed by atoms with Crippen molar-refractivity contribution in [1.82, 2.24) is 0 Å². The molecule has 2 nitrogen and oxygen atoms in total. The third kappa shape index (κ3) is 3.06. The van der Waals surface area contributed by atoms with Gasteiger partial charge in [-0.15, -0.1) is 0 Å². The van der Waals surface area contributed by atoms with Gasteiger partial charge >= 0.3 is 0 Å². The van der Waals surface area contributed by atoms with Crippen LogP contribution in [-0.2, 0) is 0 Å². The van der Waals surface area contributed by atoms with Gasteiger partial charge in [-0.25, -0.2) is 0 Å². The Hall–Kier alpha value is -0.900. The molecule has 0 aliphatic heterocycles. The van der Waals surface area contributed by atoms with Crippen LogP contribution >= 0.6 is 39.1 Å². The third-order valence-corrected chi connectivity index (χ3v) is 3.15. The molecule has 0 atom stereocenters. The number of ether oxygens (including phenoxy) is 1. The Balaban J connectivity index is 2.33. The highest BCUT2D eigenvalue weighted by Gasteiger charge is 2.09. The molecule has 2 aromatic carbocycles. The number of rotatable bonds is 2. The lowest BCUT2D eigenvalue weighted by molar-refractivity contribution is 0.480. The highest BCUT2D eigenvalue weighted by Crippen LogP contribution is 2.38. The van der Waals surface area contributed by atoms with Crippen LogP contribution < -0.4 is 10.5 Å². The van der Waals surface area contributed by atoms with E-state index in [1.165, 1.54) is 0 Å². The summed E-state index contributed by atoms with van der Waals surface area (Å²) in [6.45, 7) is 0. The molecule has 2 N–H and O–H groups in total. The topological polar surface area (TPSA) is 35.2 Å². The Morgan fingerprint density at radius 3 is 2.29 bits per heavy atom. The largest absolute Gasteiger partial charge is 0.455 e. The third-order valence-electron chi connectivity index (χ3n) is 2.06. The molecule has 2 aromatic rings. The fourth-order valence-corrected chi connectivity index (χ4v) is 2.60. The molecule has 2 rings (SSSR count). The van der Waals surface area contributed by atoms with Gasteiger partial charge in [0.25, 0.3) is 0 Å². The summed E-state index contributed by atoms with van der Waals surface area (Å²) in [4.78, 5) is 0. The van der Waals surface area contributed by atoms with Crippen molar-refractivity contribution in [3.05, 3.63) is 50.9 Å². The van der Waals surface area contributed by atoms with Gasteiger partial charge in [-0.2, -0.15) is 0 Å². The minimum Gasteiger partial charge on any atom is -0.455 e. The lowest BCUT2D eigenvalue weighted by atomic mass is 10.3. The molecule has 0 aliphatic carbocycles. The molecule has 0 saturated heterocycles. The zero-order valence-corrected chi connectivity index (χ0v) is 11.7. The van der Waals surface area contributed by atoms with Crippen LogP contribution in [0.15, 0.2) is 40.9 Å². The van der Waals surface area contributed by atoms with E-state index in [2.05, 4.69) is 15.9 Å². The fraction of sp³-hybridized carbons (Fsp3) is 0. The summed E-state index contributed by atoms with van der Waals surface area (Å²) in [6.07, 6.45) is 0. The number of nitrogen functional groups attached to an aromatic ring is 1. The maximum Gasteiger partial charge on any atom is 0.160 e. The molecular weight excluding hydrogens is 325 g/mol. The number of hydrogen-bond donors (Lipinski definition) is 1. The predicted molar refractivity (Wildman–Crippen MR) is 75.1 cm³/mol. The van der Waals surface area contributed by atoms with Crippen LogP contribution in [0.2, 0.25) is 10.0 Å². The van der Waals surface area contributed by atoms with Gasteiger partial charge in [0.1, 0.15) is 5.75 Å². The average Bonchev–Trinajstić information content (AvgIpc) is 2.26. The van der Waals surface area contributed by atoms with Crippen molar-refractivity contribution in [2.45, 2.75) is 0 Å². The van der Waals surface area contributed by atoms with E-state index in [0.717, 1.165) is 0 Å². The van der Waals surface area contributed by atoms with E-state index in [4.69, 9.17) is 33.7 Å². The molecule has 5 heteroatoms. The molecule has 17 heavy (non-hydrogen) atoms. The second-order valence-electron chi connectivity index (χ2n) is 3.37. The van der Waals surface area contributed by atoms with E-state index in [0.29, 0.717) is 31.7 Å². The van der Waals surface area contributed by atoms with Crippen LogP contribution in [0.3, 0.4) is 0 Å². The smallest absolute Gasteiger partial charge is 0.160 e. The molecule has 88 valence electrons. The van der Waals surface area contributed by atoms with Gasteiger partial charge in [0.05, 0.1) is 9.50 Å². The predicted octanol–water partition coefficient (Wildman–Crippen LogP) is 5.13. The molecule has 0 aliphatic rings. The maximum absolute atomic E-state index is 6.05. The van der Waals surface area contributed by atoms with Crippen LogP contribution in [0.4, 0.5) is 5.69 Å². The molecule has 0 fully saturated rings. The molecule has 0 amide bonds. The maximum atomic E-state index is 6.05. The number of benzene rings is 2. The first kappa shape index (κ1) is 12.6. The van der Waals surface area contributed by atoms with E-state index in [-0.39, 0.29) is 0 Å². The molecule has 0 bridgehead atoms. The average molecular weight is 333 g/mol. The summed E-state index contributed by atoms with van der Waals surface area (Å²) in [5.74, 6) is 1.19. The number of anilines is 1. The Morgan fingerprint density at radius 2 is 1.71 bits per heavy atom. The number of hydrogen-bond acceptors (Lipinski definition) is 2. The first-order valence-corrected chi connectivity index (χ1v) is 6.29. The van der Waals surface area contributed by atoms with Crippen molar-refractivity contribution in [2.24, 2.45) is 0 Å². The summed E-state index contributed by atoms with van der Waals surface area (Å²) in [7, 11) is 0. The van der Waals surface area contributed by atoms with Crippen molar-refractivity contribution in [3.63, 3.8) is 0 Å². The van der Waals surface area contributed by atoms with Crippen molar-refractivity contribution < 1.29 is 4.74 Å². The first-order valence-electron chi connectivity index (χ1n) is 4.74. The van der Waals surface area contributed by atoms with Crippen molar-refractivity contribution >= 4 is 44.8 Å². The van der Waals surface area contributed by atoms with Crippen LogP contribution in [0.5, 0.6) is 11.5 Å². The van der Waals surface area contributed by atoms with Crippen LogP contribution in [0.1, 0.15) is 0 Å². The molecule has 0 saturated carbocycles. The summed E-state index contributed by atoms with van der Waals surface area (Å²) in [6, 6.07) is 10.4. The molecule has 0 radical (unpaired) electrons. The van der Waals surface area contributed by atoms with Crippen LogP contribution in [-0.4, -0.2) is 0 Å². The van der Waals surface area contributed by atoms with Crippen LogP contribution in [0, 0.1) is 0 Å². The van der Waals surface area contributed by atoms with Gasteiger partial charge < -0.3 is 10.5 Å². The van der Waals surface area contributed by atoms with Crippen LogP contribution in [0.25, 0.3) is 0 Å². The Bertz CT molecular complexity index is 520. The minimum atomic E-state index is 0.446. The summed E-state index contributed by atoms with van der Waals surface area (Å²) in [5, 5.41) is 0.993. The van der Waals surface area contributed by atoms with Gasteiger partial charge in [0.15, 0.2) is 5.75 Å². The van der Waals surface area contributed by atoms with Gasteiger partial charge in [0.2, 0.25) is 0 Å². The molecule has 0 unspecified atom stereocenters. The van der Waals surface area contributed by atoms with Gasteiger partial charge in [-0.05, 0) is 52.3 Å². The lowest BCUT2D eigenvalue weighted by Gasteiger charge is -2.10. The van der Waals surface area contributed by atoms with Gasteiger partial charge in [-0.3, -0.25) is 0 Å². The van der Waals surface area contributed by atoms with E-state index < -0.39 is 0 Å². The van der Waals surface area contributed by atoms with Gasteiger partial charge in [-0.1, -0.05) is 23.2 Å². The number of halogens is 3.